The lowest BCUT2D eigenvalue weighted by atomic mass is 10.1. The van der Waals surface area contributed by atoms with Crippen LogP contribution in [0.3, 0.4) is 0 Å². The van der Waals surface area contributed by atoms with Gasteiger partial charge in [0.2, 0.25) is 5.91 Å². The summed E-state index contributed by atoms with van der Waals surface area (Å²) in [6.45, 7) is 11.8. The Labute approximate surface area is 165 Å². The van der Waals surface area contributed by atoms with Gasteiger partial charge >= 0.3 is 0 Å². The second-order valence-corrected chi connectivity index (χ2v) is 7.86. The summed E-state index contributed by atoms with van der Waals surface area (Å²) in [5, 5.41) is 4.77. The minimum atomic E-state index is -0.197. The molecule has 0 bridgehead atoms. The molecule has 0 N–H and O–H groups in total. The maximum absolute atomic E-state index is 12.4. The molecule has 0 radical (unpaired) electrons. The molecule has 1 amide bonds. The van der Waals surface area contributed by atoms with Crippen LogP contribution in [0.5, 0.6) is 0 Å². The van der Waals surface area contributed by atoms with E-state index in [0.717, 1.165) is 55.4 Å². The molecule has 0 saturated carbocycles. The largest absolute Gasteiger partial charge is 0.379 e. The third-order valence-electron chi connectivity index (χ3n) is 5.53. The number of nitrogens with zero attached hydrogens (tertiary/aromatic N) is 5. The van der Waals surface area contributed by atoms with Crippen LogP contribution in [-0.2, 0) is 20.8 Å². The van der Waals surface area contributed by atoms with Crippen LogP contribution in [0.1, 0.15) is 36.9 Å². The monoisotopic (exact) mass is 387 g/mol. The van der Waals surface area contributed by atoms with E-state index in [9.17, 15) is 4.79 Å². The summed E-state index contributed by atoms with van der Waals surface area (Å²) in [6, 6.07) is 1.95. The highest BCUT2D eigenvalue weighted by Gasteiger charge is 2.29. The van der Waals surface area contributed by atoms with E-state index in [-0.39, 0.29) is 17.9 Å². The SMILES string of the molecule is Cc1nn2c([C@H]3CN(C(=O)C(C)C)CCO3)ccnc2c1CN1CCOCC1. The van der Waals surface area contributed by atoms with Crippen LogP contribution in [0.25, 0.3) is 5.65 Å². The number of hydrogen-bond donors (Lipinski definition) is 0. The van der Waals surface area contributed by atoms with E-state index < -0.39 is 0 Å². The lowest BCUT2D eigenvalue weighted by Crippen LogP contribution is -2.44. The molecule has 2 aromatic rings. The molecule has 8 heteroatoms. The van der Waals surface area contributed by atoms with Gasteiger partial charge in [-0.15, -0.1) is 0 Å². The Bertz CT molecular complexity index is 844. The van der Waals surface area contributed by atoms with Gasteiger partial charge in [-0.05, 0) is 13.0 Å². The maximum atomic E-state index is 12.4. The molecular formula is C20H29N5O3. The van der Waals surface area contributed by atoms with Crippen LogP contribution in [-0.4, -0.2) is 76.3 Å². The zero-order valence-corrected chi connectivity index (χ0v) is 16.9. The minimum absolute atomic E-state index is 0.0109. The summed E-state index contributed by atoms with van der Waals surface area (Å²) in [6.07, 6.45) is 1.62. The minimum Gasteiger partial charge on any atom is -0.379 e. The summed E-state index contributed by atoms with van der Waals surface area (Å²) in [7, 11) is 0. The molecule has 0 aliphatic carbocycles. The lowest BCUT2D eigenvalue weighted by molar-refractivity contribution is -0.142. The molecule has 2 saturated heterocycles. The highest BCUT2D eigenvalue weighted by Crippen LogP contribution is 2.26. The Morgan fingerprint density at radius 1 is 1.25 bits per heavy atom. The first kappa shape index (κ1) is 19.3. The van der Waals surface area contributed by atoms with Crippen molar-refractivity contribution >= 4 is 11.6 Å². The van der Waals surface area contributed by atoms with Crippen LogP contribution in [0, 0.1) is 12.8 Å². The Balaban J connectivity index is 1.61. The summed E-state index contributed by atoms with van der Waals surface area (Å²) in [5.41, 5.74) is 3.95. The highest BCUT2D eigenvalue weighted by molar-refractivity contribution is 5.78. The molecule has 1 atom stereocenters. The molecule has 0 aromatic carbocycles. The quantitative estimate of drug-likeness (QED) is 0.790. The van der Waals surface area contributed by atoms with Gasteiger partial charge in [0.05, 0.1) is 37.8 Å². The smallest absolute Gasteiger partial charge is 0.225 e. The Kier molecular flexibility index (Phi) is 5.61. The van der Waals surface area contributed by atoms with Gasteiger partial charge in [0.1, 0.15) is 6.10 Å². The Morgan fingerprint density at radius 3 is 2.79 bits per heavy atom. The van der Waals surface area contributed by atoms with Gasteiger partial charge in [-0.1, -0.05) is 13.8 Å². The van der Waals surface area contributed by atoms with Crippen molar-refractivity contribution in [3.05, 3.63) is 29.2 Å². The van der Waals surface area contributed by atoms with E-state index in [1.165, 1.54) is 0 Å². The van der Waals surface area contributed by atoms with Crippen LogP contribution in [0.15, 0.2) is 12.3 Å². The predicted molar refractivity (Wildman–Crippen MR) is 104 cm³/mol. The number of morpholine rings is 2. The van der Waals surface area contributed by atoms with E-state index in [1.54, 1.807) is 0 Å². The van der Waals surface area contributed by atoms with E-state index >= 15 is 0 Å². The topological polar surface area (TPSA) is 72.2 Å². The van der Waals surface area contributed by atoms with E-state index in [2.05, 4.69) is 9.88 Å². The fourth-order valence-corrected chi connectivity index (χ4v) is 3.92. The van der Waals surface area contributed by atoms with Crippen molar-refractivity contribution in [3.8, 4) is 0 Å². The summed E-state index contributed by atoms with van der Waals surface area (Å²) < 4.78 is 13.4. The molecule has 28 heavy (non-hydrogen) atoms. The number of aryl methyl sites for hydroxylation is 1. The normalized spacial score (nSPS) is 21.6. The van der Waals surface area contributed by atoms with Crippen LogP contribution in [0.2, 0.25) is 0 Å². The summed E-state index contributed by atoms with van der Waals surface area (Å²) in [4.78, 5) is 21.3. The third-order valence-corrected chi connectivity index (χ3v) is 5.53. The third kappa shape index (κ3) is 3.76. The Hall–Kier alpha value is -2.03. The van der Waals surface area contributed by atoms with Gasteiger partial charge in [0.25, 0.3) is 0 Å². The number of carbonyl (C=O) groups excluding carboxylic acids is 1. The standard InChI is InChI=1S/C20H29N5O3/c1-14(2)20(26)24-8-11-28-18(13-24)17-4-5-21-19-16(15(3)22-25(17)19)12-23-6-9-27-10-7-23/h4-5,14,18H,6-13H2,1-3H3/t18-/m1/s1. The molecule has 4 heterocycles. The zero-order chi connectivity index (χ0) is 19.7. The van der Waals surface area contributed by atoms with Crippen molar-refractivity contribution in [1.29, 1.82) is 0 Å². The molecule has 2 aliphatic heterocycles. The predicted octanol–water partition coefficient (Wildman–Crippen LogP) is 1.43. The second kappa shape index (κ2) is 8.14. The molecule has 0 spiro atoms. The highest BCUT2D eigenvalue weighted by atomic mass is 16.5. The number of fused-ring (bicyclic) bond motifs is 1. The van der Waals surface area contributed by atoms with Crippen molar-refractivity contribution in [2.24, 2.45) is 5.92 Å². The number of carbonyl (C=O) groups is 1. The van der Waals surface area contributed by atoms with Gasteiger partial charge in [0, 0.05) is 43.9 Å². The van der Waals surface area contributed by atoms with E-state index in [1.807, 2.05) is 42.4 Å². The van der Waals surface area contributed by atoms with Gasteiger partial charge in [-0.25, -0.2) is 9.50 Å². The lowest BCUT2D eigenvalue weighted by Gasteiger charge is -2.34. The number of aromatic nitrogens is 3. The first-order valence-electron chi connectivity index (χ1n) is 10.1. The molecule has 2 fully saturated rings. The van der Waals surface area contributed by atoms with Gasteiger partial charge in [0.15, 0.2) is 5.65 Å². The Morgan fingerprint density at radius 2 is 2.04 bits per heavy atom. The average Bonchev–Trinajstić information content (AvgIpc) is 3.03. The fourth-order valence-electron chi connectivity index (χ4n) is 3.92. The van der Waals surface area contributed by atoms with Gasteiger partial charge in [-0.2, -0.15) is 5.10 Å². The molecule has 4 rings (SSSR count). The number of rotatable bonds is 4. The first-order chi connectivity index (χ1) is 13.5. The van der Waals surface area contributed by atoms with Crippen molar-refractivity contribution in [2.45, 2.75) is 33.4 Å². The van der Waals surface area contributed by atoms with E-state index in [0.29, 0.717) is 19.7 Å². The van der Waals surface area contributed by atoms with Crippen molar-refractivity contribution in [1.82, 2.24) is 24.4 Å². The van der Waals surface area contributed by atoms with Crippen molar-refractivity contribution in [3.63, 3.8) is 0 Å². The van der Waals surface area contributed by atoms with Crippen LogP contribution in [0.4, 0.5) is 0 Å². The van der Waals surface area contributed by atoms with Gasteiger partial charge in [-0.3, -0.25) is 9.69 Å². The second-order valence-electron chi connectivity index (χ2n) is 7.86. The summed E-state index contributed by atoms with van der Waals surface area (Å²) >= 11 is 0. The molecule has 8 nitrogen and oxygen atoms in total. The number of ether oxygens (including phenoxy) is 2. The fraction of sp³-hybridized carbons (Fsp3) is 0.650. The summed E-state index contributed by atoms with van der Waals surface area (Å²) in [5.74, 6) is 0.159. The number of amides is 1. The molecule has 0 unspecified atom stereocenters. The van der Waals surface area contributed by atoms with Crippen LogP contribution < -0.4 is 0 Å². The maximum Gasteiger partial charge on any atom is 0.225 e. The number of hydrogen-bond acceptors (Lipinski definition) is 6. The van der Waals surface area contributed by atoms with E-state index in [4.69, 9.17) is 14.6 Å². The molecule has 2 aromatic heterocycles. The van der Waals surface area contributed by atoms with Gasteiger partial charge < -0.3 is 14.4 Å². The first-order valence-corrected chi connectivity index (χ1v) is 10.1. The van der Waals surface area contributed by atoms with Crippen LogP contribution >= 0.6 is 0 Å². The van der Waals surface area contributed by atoms with Crippen molar-refractivity contribution < 1.29 is 14.3 Å². The molecule has 2 aliphatic rings. The molecule has 152 valence electrons. The average molecular weight is 387 g/mol. The van der Waals surface area contributed by atoms with Crippen molar-refractivity contribution in [2.75, 3.05) is 46.0 Å². The molecular weight excluding hydrogens is 358 g/mol. The zero-order valence-electron chi connectivity index (χ0n) is 16.9.